The molecule has 1 unspecified atom stereocenters. The van der Waals surface area contributed by atoms with Crippen molar-refractivity contribution in [1.29, 1.82) is 0 Å². The lowest BCUT2D eigenvalue weighted by molar-refractivity contribution is 0.0730. The van der Waals surface area contributed by atoms with E-state index in [4.69, 9.17) is 4.74 Å². The van der Waals surface area contributed by atoms with E-state index in [9.17, 15) is 13.2 Å². The van der Waals surface area contributed by atoms with Crippen LogP contribution in [0.2, 0.25) is 0 Å². The van der Waals surface area contributed by atoms with Gasteiger partial charge in [0.25, 0.3) is 5.91 Å². The summed E-state index contributed by atoms with van der Waals surface area (Å²) in [6.07, 6.45) is 1.87. The van der Waals surface area contributed by atoms with Gasteiger partial charge in [0, 0.05) is 29.7 Å². The van der Waals surface area contributed by atoms with Crippen molar-refractivity contribution in [2.45, 2.75) is 23.8 Å². The molecule has 1 atom stereocenters. The number of hydrogen-bond donors (Lipinski definition) is 0. The largest absolute Gasteiger partial charge is 0.379 e. The maximum Gasteiger partial charge on any atom is 0.254 e. The Kier molecular flexibility index (Phi) is 6.06. The second kappa shape index (κ2) is 8.55. The third-order valence-corrected chi connectivity index (χ3v) is 7.86. The van der Waals surface area contributed by atoms with E-state index in [0.717, 1.165) is 22.9 Å². The molecule has 0 radical (unpaired) electrons. The molecule has 2 fully saturated rings. The van der Waals surface area contributed by atoms with Crippen LogP contribution in [0, 0.1) is 0 Å². The highest BCUT2D eigenvalue weighted by atomic mass is 79.9. The number of likely N-dealkylation sites (tertiary alicyclic amines) is 1. The van der Waals surface area contributed by atoms with E-state index in [-0.39, 0.29) is 16.8 Å². The van der Waals surface area contributed by atoms with Gasteiger partial charge in [0.15, 0.2) is 0 Å². The molecular weight excluding hydrogens is 456 g/mol. The molecule has 2 heterocycles. The van der Waals surface area contributed by atoms with E-state index in [1.54, 1.807) is 12.1 Å². The number of benzene rings is 2. The molecule has 2 aromatic rings. The smallest absolute Gasteiger partial charge is 0.254 e. The van der Waals surface area contributed by atoms with Crippen molar-refractivity contribution in [3.8, 4) is 0 Å². The van der Waals surface area contributed by atoms with Crippen molar-refractivity contribution < 1.29 is 17.9 Å². The van der Waals surface area contributed by atoms with Crippen LogP contribution in [0.1, 0.15) is 34.8 Å². The number of hydrogen-bond acceptors (Lipinski definition) is 4. The molecule has 0 N–H and O–H groups in total. The number of nitrogens with zero attached hydrogens (tertiary/aromatic N) is 2. The zero-order chi connectivity index (χ0) is 20.4. The maximum atomic E-state index is 13.1. The van der Waals surface area contributed by atoms with Crippen molar-refractivity contribution in [1.82, 2.24) is 9.21 Å². The average Bonchev–Trinajstić information content (AvgIpc) is 3.24. The Bertz CT molecular complexity index is 988. The molecule has 2 aliphatic rings. The van der Waals surface area contributed by atoms with Crippen LogP contribution in [0.25, 0.3) is 0 Å². The Morgan fingerprint density at radius 3 is 2.45 bits per heavy atom. The van der Waals surface area contributed by atoms with E-state index in [2.05, 4.69) is 15.9 Å². The van der Waals surface area contributed by atoms with Gasteiger partial charge in [0.05, 0.1) is 24.2 Å². The summed E-state index contributed by atoms with van der Waals surface area (Å²) >= 11 is 3.50. The molecule has 0 spiro atoms. The van der Waals surface area contributed by atoms with Crippen molar-refractivity contribution >= 4 is 31.9 Å². The minimum Gasteiger partial charge on any atom is -0.379 e. The topological polar surface area (TPSA) is 66.9 Å². The highest BCUT2D eigenvalue weighted by molar-refractivity contribution is 9.10. The standard InChI is InChI=1S/C21H23BrN2O4S/c22-18-4-1-3-17(15-18)20-5-2-10-24(20)21(25)16-6-8-19(9-7-16)29(26,27)23-11-13-28-14-12-23/h1,3-4,6-9,15,20H,2,5,10-14H2. The minimum atomic E-state index is -3.56. The number of halogens is 1. The fourth-order valence-corrected chi connectivity index (χ4v) is 5.77. The molecule has 0 saturated carbocycles. The van der Waals surface area contributed by atoms with Gasteiger partial charge in [0.2, 0.25) is 10.0 Å². The Labute approximate surface area is 179 Å². The number of amides is 1. The molecule has 6 nitrogen and oxygen atoms in total. The third kappa shape index (κ3) is 4.26. The van der Waals surface area contributed by atoms with Crippen molar-refractivity contribution in [3.05, 3.63) is 64.1 Å². The fourth-order valence-electron chi connectivity index (χ4n) is 3.94. The summed E-state index contributed by atoms with van der Waals surface area (Å²) in [5, 5.41) is 0. The van der Waals surface area contributed by atoms with Gasteiger partial charge in [-0.3, -0.25) is 4.79 Å². The monoisotopic (exact) mass is 478 g/mol. The van der Waals surface area contributed by atoms with Crippen LogP contribution in [0.4, 0.5) is 0 Å². The first-order valence-corrected chi connectivity index (χ1v) is 11.9. The van der Waals surface area contributed by atoms with E-state index >= 15 is 0 Å². The number of rotatable bonds is 4. The summed E-state index contributed by atoms with van der Waals surface area (Å²) in [6.45, 7) is 2.21. The number of sulfonamides is 1. The van der Waals surface area contributed by atoms with Crippen LogP contribution in [-0.4, -0.2) is 56.4 Å². The molecule has 29 heavy (non-hydrogen) atoms. The summed E-state index contributed by atoms with van der Waals surface area (Å²) in [6, 6.07) is 14.4. The maximum absolute atomic E-state index is 13.1. The second-order valence-corrected chi connectivity index (χ2v) is 10.1. The highest BCUT2D eigenvalue weighted by Crippen LogP contribution is 2.34. The van der Waals surface area contributed by atoms with Gasteiger partial charge in [-0.2, -0.15) is 4.31 Å². The molecule has 2 aliphatic heterocycles. The zero-order valence-corrected chi connectivity index (χ0v) is 18.4. The fraction of sp³-hybridized carbons (Fsp3) is 0.381. The van der Waals surface area contributed by atoms with Gasteiger partial charge < -0.3 is 9.64 Å². The first-order valence-electron chi connectivity index (χ1n) is 9.71. The van der Waals surface area contributed by atoms with Gasteiger partial charge in [-0.15, -0.1) is 0 Å². The second-order valence-electron chi connectivity index (χ2n) is 7.25. The molecule has 2 aromatic carbocycles. The molecule has 1 amide bonds. The Hall–Kier alpha value is -1.74. The number of carbonyl (C=O) groups excluding carboxylic acids is 1. The predicted molar refractivity (Wildman–Crippen MR) is 113 cm³/mol. The molecule has 2 saturated heterocycles. The summed E-state index contributed by atoms with van der Waals surface area (Å²) in [7, 11) is -3.56. The summed E-state index contributed by atoms with van der Waals surface area (Å²) in [4.78, 5) is 15.2. The third-order valence-electron chi connectivity index (χ3n) is 5.46. The minimum absolute atomic E-state index is 0.0387. The summed E-state index contributed by atoms with van der Waals surface area (Å²) in [5.41, 5.74) is 1.62. The number of carbonyl (C=O) groups is 1. The SMILES string of the molecule is O=C(c1ccc(S(=O)(=O)N2CCOCC2)cc1)N1CCCC1c1cccc(Br)c1. The number of morpholine rings is 1. The molecule has 0 aromatic heterocycles. The normalized spacial score (nSPS) is 20.7. The van der Waals surface area contributed by atoms with Crippen LogP contribution in [0.3, 0.4) is 0 Å². The lowest BCUT2D eigenvalue weighted by atomic mass is 10.0. The molecule has 4 rings (SSSR count). The van der Waals surface area contributed by atoms with Gasteiger partial charge >= 0.3 is 0 Å². The Morgan fingerprint density at radius 2 is 1.76 bits per heavy atom. The van der Waals surface area contributed by atoms with Crippen molar-refractivity contribution in [2.75, 3.05) is 32.8 Å². The van der Waals surface area contributed by atoms with Gasteiger partial charge in [0.1, 0.15) is 0 Å². The van der Waals surface area contributed by atoms with Gasteiger partial charge in [-0.1, -0.05) is 28.1 Å². The van der Waals surface area contributed by atoms with E-state index in [1.165, 1.54) is 16.4 Å². The summed E-state index contributed by atoms with van der Waals surface area (Å²) in [5.74, 6) is -0.0669. The molecular formula is C21H23BrN2O4S. The van der Waals surface area contributed by atoms with Gasteiger partial charge in [-0.25, -0.2) is 8.42 Å². The van der Waals surface area contributed by atoms with E-state index in [0.29, 0.717) is 38.4 Å². The zero-order valence-electron chi connectivity index (χ0n) is 16.0. The molecule has 8 heteroatoms. The Balaban J connectivity index is 1.53. The van der Waals surface area contributed by atoms with Crippen molar-refractivity contribution in [3.63, 3.8) is 0 Å². The summed E-state index contributed by atoms with van der Waals surface area (Å²) < 4.78 is 33.2. The average molecular weight is 479 g/mol. The van der Waals surface area contributed by atoms with Crippen LogP contribution in [-0.2, 0) is 14.8 Å². The lowest BCUT2D eigenvalue weighted by Gasteiger charge is -2.27. The Morgan fingerprint density at radius 1 is 1.03 bits per heavy atom. The van der Waals surface area contributed by atoms with E-state index in [1.807, 2.05) is 29.2 Å². The van der Waals surface area contributed by atoms with Crippen LogP contribution < -0.4 is 0 Å². The van der Waals surface area contributed by atoms with Crippen molar-refractivity contribution in [2.24, 2.45) is 0 Å². The lowest BCUT2D eigenvalue weighted by Crippen LogP contribution is -2.40. The quantitative estimate of drug-likeness (QED) is 0.674. The van der Waals surface area contributed by atoms with Crippen LogP contribution in [0.5, 0.6) is 0 Å². The van der Waals surface area contributed by atoms with E-state index < -0.39 is 10.0 Å². The molecule has 0 aliphatic carbocycles. The first-order chi connectivity index (χ1) is 14.0. The van der Waals surface area contributed by atoms with Gasteiger partial charge in [-0.05, 0) is 54.8 Å². The van der Waals surface area contributed by atoms with Crippen LogP contribution >= 0.6 is 15.9 Å². The predicted octanol–water partition coefficient (Wildman–Crippen LogP) is 3.45. The molecule has 0 bridgehead atoms. The highest BCUT2D eigenvalue weighted by Gasteiger charge is 2.31. The number of ether oxygens (including phenoxy) is 1. The van der Waals surface area contributed by atoms with Crippen LogP contribution in [0.15, 0.2) is 57.9 Å². The molecule has 154 valence electrons. The first kappa shape index (κ1) is 20.5.